The number of fused-ring (bicyclic) bond motifs is 1. The van der Waals surface area contributed by atoms with Crippen molar-refractivity contribution in [2.45, 2.75) is 51.4 Å². The lowest BCUT2D eigenvalue weighted by Gasteiger charge is -2.21. The molecule has 2 aliphatic rings. The molecule has 4 heteroatoms. The molecule has 1 aromatic carbocycles. The zero-order valence-corrected chi connectivity index (χ0v) is 13.4. The van der Waals surface area contributed by atoms with Gasteiger partial charge in [0.05, 0.1) is 11.8 Å². The number of likely N-dealkylation sites (tertiary alicyclic amines) is 1. The number of carbonyl (C=O) groups excluding carboxylic acids is 2. The molecule has 2 aliphatic heterocycles. The van der Waals surface area contributed by atoms with Gasteiger partial charge in [-0.15, -0.1) is 0 Å². The number of rotatable bonds is 2. The number of anilines is 1. The fourth-order valence-corrected chi connectivity index (χ4v) is 3.33. The van der Waals surface area contributed by atoms with E-state index in [1.165, 1.54) is 12.8 Å². The van der Waals surface area contributed by atoms with Crippen molar-refractivity contribution in [3.8, 4) is 0 Å². The molecule has 0 unspecified atom stereocenters. The molecule has 118 valence electrons. The lowest BCUT2D eigenvalue weighted by Crippen LogP contribution is -2.33. The van der Waals surface area contributed by atoms with E-state index in [1.54, 1.807) is 0 Å². The average Bonchev–Trinajstić information content (AvgIpc) is 2.69. The van der Waals surface area contributed by atoms with E-state index in [9.17, 15) is 9.59 Å². The minimum Gasteiger partial charge on any atom is -0.342 e. The molecule has 0 atom stereocenters. The highest BCUT2D eigenvalue weighted by Gasteiger charge is 2.38. The van der Waals surface area contributed by atoms with Crippen LogP contribution in [0.25, 0.3) is 0 Å². The molecule has 4 nitrogen and oxygen atoms in total. The van der Waals surface area contributed by atoms with Crippen molar-refractivity contribution in [2.75, 3.05) is 18.4 Å². The van der Waals surface area contributed by atoms with E-state index < -0.39 is 5.41 Å². The number of carbonyl (C=O) groups is 2. The van der Waals surface area contributed by atoms with Crippen molar-refractivity contribution in [1.82, 2.24) is 4.90 Å². The Morgan fingerprint density at radius 3 is 2.55 bits per heavy atom. The van der Waals surface area contributed by atoms with Crippen LogP contribution >= 0.6 is 0 Å². The summed E-state index contributed by atoms with van der Waals surface area (Å²) in [4.78, 5) is 26.5. The van der Waals surface area contributed by atoms with Gasteiger partial charge in [-0.05, 0) is 43.9 Å². The lowest BCUT2D eigenvalue weighted by molar-refractivity contribution is -0.130. The molecule has 1 saturated heterocycles. The molecule has 0 spiro atoms. The van der Waals surface area contributed by atoms with Crippen molar-refractivity contribution in [3.63, 3.8) is 0 Å². The summed E-state index contributed by atoms with van der Waals surface area (Å²) in [6.45, 7) is 5.62. The van der Waals surface area contributed by atoms with Gasteiger partial charge in [-0.3, -0.25) is 9.59 Å². The maximum absolute atomic E-state index is 12.5. The molecule has 0 bridgehead atoms. The molecule has 0 radical (unpaired) electrons. The molecule has 0 aromatic heterocycles. The number of nitrogens with one attached hydrogen (secondary N) is 1. The van der Waals surface area contributed by atoms with Crippen LogP contribution in [0.4, 0.5) is 5.69 Å². The van der Waals surface area contributed by atoms with E-state index in [0.29, 0.717) is 6.42 Å². The molecule has 3 rings (SSSR count). The Balaban J connectivity index is 1.75. The van der Waals surface area contributed by atoms with Gasteiger partial charge in [0.25, 0.3) is 0 Å². The maximum atomic E-state index is 12.5. The zero-order chi connectivity index (χ0) is 15.7. The second-order valence-corrected chi connectivity index (χ2v) is 6.93. The molecule has 22 heavy (non-hydrogen) atoms. The van der Waals surface area contributed by atoms with Gasteiger partial charge in [-0.1, -0.05) is 25.0 Å². The first-order chi connectivity index (χ1) is 10.5. The highest BCUT2D eigenvalue weighted by atomic mass is 16.2. The predicted molar refractivity (Wildman–Crippen MR) is 86.8 cm³/mol. The quantitative estimate of drug-likeness (QED) is 0.913. The Hall–Kier alpha value is -1.84. The third kappa shape index (κ3) is 2.74. The van der Waals surface area contributed by atoms with Crippen LogP contribution in [-0.2, 0) is 21.4 Å². The zero-order valence-electron chi connectivity index (χ0n) is 13.4. The summed E-state index contributed by atoms with van der Waals surface area (Å²) in [5.74, 6) is 0.232. The Labute approximate surface area is 131 Å². The van der Waals surface area contributed by atoms with Gasteiger partial charge < -0.3 is 10.2 Å². The van der Waals surface area contributed by atoms with Crippen LogP contribution in [0.2, 0.25) is 0 Å². The summed E-state index contributed by atoms with van der Waals surface area (Å²) in [5, 5.41) is 2.91. The fraction of sp³-hybridized carbons (Fsp3) is 0.556. The summed E-state index contributed by atoms with van der Waals surface area (Å²) in [7, 11) is 0. The smallest absolute Gasteiger partial charge is 0.234 e. The SMILES string of the molecule is CC1(C)C(=O)Nc2ccc(CC(=O)N3CCCCCC3)cc21. The minimum absolute atomic E-state index is 0.0264. The molecule has 2 heterocycles. The third-order valence-electron chi connectivity index (χ3n) is 4.89. The van der Waals surface area contributed by atoms with E-state index in [4.69, 9.17) is 0 Å². The largest absolute Gasteiger partial charge is 0.342 e. The van der Waals surface area contributed by atoms with Crippen LogP contribution in [0.3, 0.4) is 0 Å². The van der Waals surface area contributed by atoms with Crippen LogP contribution in [-0.4, -0.2) is 29.8 Å². The predicted octanol–water partition coefficient (Wildman–Crippen LogP) is 2.86. The van der Waals surface area contributed by atoms with Crippen LogP contribution in [0.15, 0.2) is 18.2 Å². The van der Waals surface area contributed by atoms with Gasteiger partial charge in [-0.25, -0.2) is 0 Å². The van der Waals surface area contributed by atoms with Gasteiger partial charge in [-0.2, -0.15) is 0 Å². The molecule has 0 aliphatic carbocycles. The van der Waals surface area contributed by atoms with Gasteiger partial charge in [0.15, 0.2) is 0 Å². The molecule has 1 aromatic rings. The highest BCUT2D eigenvalue weighted by molar-refractivity contribution is 6.05. The van der Waals surface area contributed by atoms with Crippen LogP contribution in [0.5, 0.6) is 0 Å². The number of amides is 2. The number of hydrogen-bond acceptors (Lipinski definition) is 2. The van der Waals surface area contributed by atoms with E-state index in [0.717, 1.165) is 42.7 Å². The van der Waals surface area contributed by atoms with Crippen molar-refractivity contribution >= 4 is 17.5 Å². The summed E-state index contributed by atoms with van der Waals surface area (Å²) < 4.78 is 0. The van der Waals surface area contributed by atoms with Gasteiger partial charge in [0.2, 0.25) is 11.8 Å². The second-order valence-electron chi connectivity index (χ2n) is 6.93. The Morgan fingerprint density at radius 2 is 1.86 bits per heavy atom. The molecule has 0 saturated carbocycles. The normalized spacial score (nSPS) is 20.3. The number of hydrogen-bond donors (Lipinski definition) is 1. The van der Waals surface area contributed by atoms with Crippen molar-refractivity contribution in [3.05, 3.63) is 29.3 Å². The number of benzene rings is 1. The second kappa shape index (κ2) is 5.75. The standard InChI is InChI=1S/C18H24N2O2/c1-18(2)14-11-13(7-8-15(14)19-17(18)22)12-16(21)20-9-5-3-4-6-10-20/h7-8,11H,3-6,9-10,12H2,1-2H3,(H,19,22). The molecule has 1 fully saturated rings. The van der Waals surface area contributed by atoms with Crippen LogP contribution in [0.1, 0.15) is 50.7 Å². The Morgan fingerprint density at radius 1 is 1.18 bits per heavy atom. The molecule has 1 N–H and O–H groups in total. The lowest BCUT2D eigenvalue weighted by atomic mass is 9.85. The van der Waals surface area contributed by atoms with Gasteiger partial charge in [0, 0.05) is 18.8 Å². The summed E-state index contributed by atoms with van der Waals surface area (Å²) in [5.41, 5.74) is 2.36. The van der Waals surface area contributed by atoms with Crippen LogP contribution < -0.4 is 5.32 Å². The summed E-state index contributed by atoms with van der Waals surface area (Å²) >= 11 is 0. The van der Waals surface area contributed by atoms with E-state index in [2.05, 4.69) is 5.32 Å². The molecular weight excluding hydrogens is 276 g/mol. The topological polar surface area (TPSA) is 49.4 Å². The van der Waals surface area contributed by atoms with Crippen LogP contribution in [0, 0.1) is 0 Å². The fourth-order valence-electron chi connectivity index (χ4n) is 3.33. The van der Waals surface area contributed by atoms with Crippen molar-refractivity contribution < 1.29 is 9.59 Å². The van der Waals surface area contributed by atoms with Gasteiger partial charge >= 0.3 is 0 Å². The maximum Gasteiger partial charge on any atom is 0.234 e. The highest BCUT2D eigenvalue weighted by Crippen LogP contribution is 2.37. The first-order valence-electron chi connectivity index (χ1n) is 8.21. The minimum atomic E-state index is -0.517. The first-order valence-corrected chi connectivity index (χ1v) is 8.21. The Kier molecular flexibility index (Phi) is 3.94. The van der Waals surface area contributed by atoms with Gasteiger partial charge in [0.1, 0.15) is 0 Å². The average molecular weight is 300 g/mol. The van der Waals surface area contributed by atoms with E-state index in [-0.39, 0.29) is 11.8 Å². The summed E-state index contributed by atoms with van der Waals surface area (Å²) in [6, 6.07) is 5.90. The van der Waals surface area contributed by atoms with Crippen molar-refractivity contribution in [2.24, 2.45) is 0 Å². The number of nitrogens with zero attached hydrogens (tertiary/aromatic N) is 1. The molecule has 2 amide bonds. The Bertz CT molecular complexity index is 599. The molecular formula is C18H24N2O2. The van der Waals surface area contributed by atoms with Crippen molar-refractivity contribution in [1.29, 1.82) is 0 Å². The monoisotopic (exact) mass is 300 g/mol. The third-order valence-corrected chi connectivity index (χ3v) is 4.89. The van der Waals surface area contributed by atoms with E-state index in [1.807, 2.05) is 36.9 Å². The first kappa shape index (κ1) is 15.1. The summed E-state index contributed by atoms with van der Waals surface area (Å²) in [6.07, 6.45) is 5.11. The van der Waals surface area contributed by atoms with E-state index >= 15 is 0 Å².